The molecule has 108 valence electrons. The minimum absolute atomic E-state index is 0.0430. The van der Waals surface area contributed by atoms with Crippen LogP contribution in [-0.4, -0.2) is 35.7 Å². The summed E-state index contributed by atoms with van der Waals surface area (Å²) in [6.07, 6.45) is 1.83. The minimum Gasteiger partial charge on any atom is -0.461 e. The largest absolute Gasteiger partial charge is 0.461 e. The summed E-state index contributed by atoms with van der Waals surface area (Å²) < 4.78 is 7.28. The second kappa shape index (κ2) is 5.52. The Morgan fingerprint density at radius 2 is 2.05 bits per heavy atom. The van der Waals surface area contributed by atoms with E-state index in [-0.39, 0.29) is 18.1 Å². The molecule has 21 heavy (non-hydrogen) atoms. The second-order valence-corrected chi connectivity index (χ2v) is 5.37. The fourth-order valence-corrected chi connectivity index (χ4v) is 2.39. The molecular formula is C12H13N7OS. The Bertz CT molecular complexity index is 773. The van der Waals surface area contributed by atoms with Gasteiger partial charge in [0.2, 0.25) is 16.3 Å². The summed E-state index contributed by atoms with van der Waals surface area (Å²) in [6.45, 7) is 3.78. The Morgan fingerprint density at radius 3 is 2.86 bits per heavy atom. The summed E-state index contributed by atoms with van der Waals surface area (Å²) in [4.78, 5) is 12.2. The van der Waals surface area contributed by atoms with Crippen molar-refractivity contribution < 1.29 is 4.74 Å². The lowest BCUT2D eigenvalue weighted by molar-refractivity contribution is 0.219. The topological polar surface area (TPSA) is 104 Å². The Morgan fingerprint density at radius 1 is 1.19 bits per heavy atom. The van der Waals surface area contributed by atoms with Crippen molar-refractivity contribution in [1.29, 1.82) is 0 Å². The van der Waals surface area contributed by atoms with Crippen LogP contribution < -0.4 is 10.5 Å². The first kappa shape index (κ1) is 13.6. The van der Waals surface area contributed by atoms with Gasteiger partial charge in [-0.2, -0.15) is 15.0 Å². The number of pyridine rings is 1. The van der Waals surface area contributed by atoms with Gasteiger partial charge in [-0.05, 0) is 37.7 Å². The van der Waals surface area contributed by atoms with Crippen LogP contribution in [0.25, 0.3) is 5.65 Å². The van der Waals surface area contributed by atoms with E-state index >= 15 is 0 Å². The highest BCUT2D eigenvalue weighted by Gasteiger charge is 2.12. The lowest BCUT2D eigenvalue weighted by atomic mass is 10.5. The van der Waals surface area contributed by atoms with Crippen molar-refractivity contribution in [2.75, 3.05) is 5.73 Å². The lowest BCUT2D eigenvalue weighted by Crippen LogP contribution is -2.11. The van der Waals surface area contributed by atoms with Crippen LogP contribution in [0.3, 0.4) is 0 Å². The Kier molecular flexibility index (Phi) is 3.57. The molecule has 3 heterocycles. The van der Waals surface area contributed by atoms with Gasteiger partial charge >= 0.3 is 6.01 Å². The van der Waals surface area contributed by atoms with Crippen LogP contribution in [0.2, 0.25) is 0 Å². The minimum atomic E-state index is -0.0430. The van der Waals surface area contributed by atoms with Crippen LogP contribution in [-0.2, 0) is 0 Å². The maximum Gasteiger partial charge on any atom is 0.322 e. The quantitative estimate of drug-likeness (QED) is 0.772. The fourth-order valence-electron chi connectivity index (χ4n) is 1.63. The van der Waals surface area contributed by atoms with Gasteiger partial charge < -0.3 is 10.5 Å². The maximum absolute atomic E-state index is 5.68. The molecule has 0 fully saturated rings. The van der Waals surface area contributed by atoms with Gasteiger partial charge in [-0.1, -0.05) is 6.07 Å². The molecule has 0 aliphatic heterocycles. The molecule has 3 aromatic rings. The third-order valence-electron chi connectivity index (χ3n) is 2.42. The van der Waals surface area contributed by atoms with Crippen molar-refractivity contribution in [3.05, 3.63) is 24.4 Å². The van der Waals surface area contributed by atoms with Gasteiger partial charge in [0.25, 0.3) is 0 Å². The molecule has 0 saturated heterocycles. The molecule has 0 amide bonds. The van der Waals surface area contributed by atoms with E-state index in [1.54, 1.807) is 0 Å². The molecule has 2 N–H and O–H groups in total. The van der Waals surface area contributed by atoms with Gasteiger partial charge in [-0.3, -0.25) is 4.40 Å². The predicted octanol–water partition coefficient (Wildman–Crippen LogP) is 1.43. The molecule has 0 aliphatic rings. The van der Waals surface area contributed by atoms with E-state index < -0.39 is 0 Å². The van der Waals surface area contributed by atoms with E-state index in [1.165, 1.54) is 11.8 Å². The zero-order valence-electron chi connectivity index (χ0n) is 11.5. The van der Waals surface area contributed by atoms with E-state index in [9.17, 15) is 0 Å². The average molecular weight is 303 g/mol. The molecule has 0 radical (unpaired) electrons. The number of ether oxygens (including phenoxy) is 1. The smallest absolute Gasteiger partial charge is 0.322 e. The van der Waals surface area contributed by atoms with Crippen LogP contribution >= 0.6 is 11.8 Å². The molecule has 0 atom stereocenters. The van der Waals surface area contributed by atoms with Crippen molar-refractivity contribution in [1.82, 2.24) is 29.5 Å². The standard InChI is InChI=1S/C12H13N7OS/c1-7(2)20-10-14-9(13)15-11(16-10)21-12-18-17-8-5-3-4-6-19(8)12/h3-7H,1-2H3,(H2,13,14,15,16). The first-order valence-electron chi connectivity index (χ1n) is 6.27. The molecule has 0 saturated carbocycles. The van der Waals surface area contributed by atoms with Crippen LogP contribution in [0, 0.1) is 0 Å². The van der Waals surface area contributed by atoms with Crippen LogP contribution in [0.5, 0.6) is 6.01 Å². The van der Waals surface area contributed by atoms with Gasteiger partial charge in [0.1, 0.15) is 0 Å². The fraction of sp³-hybridized carbons (Fsp3) is 0.250. The van der Waals surface area contributed by atoms with Crippen LogP contribution in [0.1, 0.15) is 13.8 Å². The molecule has 0 unspecified atom stereocenters. The molecule has 0 aromatic carbocycles. The molecule has 9 heteroatoms. The summed E-state index contributed by atoms with van der Waals surface area (Å²) in [5.74, 6) is 0.108. The number of rotatable bonds is 4. The number of anilines is 1. The Labute approximate surface area is 124 Å². The highest BCUT2D eigenvalue weighted by atomic mass is 32.2. The molecule has 0 spiro atoms. The third-order valence-corrected chi connectivity index (χ3v) is 3.24. The molecule has 0 bridgehead atoms. The van der Waals surface area contributed by atoms with E-state index in [2.05, 4.69) is 25.1 Å². The highest BCUT2D eigenvalue weighted by Crippen LogP contribution is 2.24. The monoisotopic (exact) mass is 303 g/mol. The predicted molar refractivity (Wildman–Crippen MR) is 77.1 cm³/mol. The number of nitrogens with zero attached hydrogens (tertiary/aromatic N) is 6. The lowest BCUT2D eigenvalue weighted by Gasteiger charge is -2.08. The zero-order valence-corrected chi connectivity index (χ0v) is 12.3. The number of nitrogens with two attached hydrogens (primary N) is 1. The van der Waals surface area contributed by atoms with Gasteiger partial charge in [-0.15, -0.1) is 10.2 Å². The molecule has 8 nitrogen and oxygen atoms in total. The Balaban J connectivity index is 1.92. The molecule has 0 aliphatic carbocycles. The summed E-state index contributed by atoms with van der Waals surface area (Å²) in [7, 11) is 0. The molecule has 3 aromatic heterocycles. The SMILES string of the molecule is CC(C)Oc1nc(N)nc(Sc2nnc3ccccn23)n1. The molecular weight excluding hydrogens is 290 g/mol. The number of hydrogen-bond donors (Lipinski definition) is 1. The van der Waals surface area contributed by atoms with E-state index in [0.717, 1.165) is 5.65 Å². The van der Waals surface area contributed by atoms with Crippen molar-refractivity contribution >= 4 is 23.4 Å². The summed E-state index contributed by atoms with van der Waals surface area (Å²) in [5, 5.41) is 9.23. The first-order valence-corrected chi connectivity index (χ1v) is 7.09. The molecule has 3 rings (SSSR count). The second-order valence-electron chi connectivity index (χ2n) is 4.44. The van der Waals surface area contributed by atoms with Crippen molar-refractivity contribution in [2.45, 2.75) is 30.3 Å². The van der Waals surface area contributed by atoms with Gasteiger partial charge in [-0.25, -0.2) is 0 Å². The van der Waals surface area contributed by atoms with Crippen LogP contribution in [0.4, 0.5) is 5.95 Å². The van der Waals surface area contributed by atoms with Crippen molar-refractivity contribution in [3.63, 3.8) is 0 Å². The van der Waals surface area contributed by atoms with Crippen molar-refractivity contribution in [2.24, 2.45) is 0 Å². The highest BCUT2D eigenvalue weighted by molar-refractivity contribution is 7.99. The number of nitrogen functional groups attached to an aromatic ring is 1. The summed E-state index contributed by atoms with van der Waals surface area (Å²) in [6, 6.07) is 5.86. The van der Waals surface area contributed by atoms with E-state index in [4.69, 9.17) is 10.5 Å². The number of hydrogen-bond acceptors (Lipinski definition) is 8. The van der Waals surface area contributed by atoms with E-state index in [0.29, 0.717) is 10.3 Å². The third kappa shape index (κ3) is 3.02. The van der Waals surface area contributed by atoms with Crippen molar-refractivity contribution in [3.8, 4) is 6.01 Å². The zero-order chi connectivity index (χ0) is 14.8. The van der Waals surface area contributed by atoms with Gasteiger partial charge in [0, 0.05) is 6.20 Å². The first-order chi connectivity index (χ1) is 10.1. The summed E-state index contributed by atoms with van der Waals surface area (Å²) >= 11 is 1.25. The van der Waals surface area contributed by atoms with Gasteiger partial charge in [0.15, 0.2) is 5.65 Å². The number of aromatic nitrogens is 6. The number of fused-ring (bicyclic) bond motifs is 1. The maximum atomic E-state index is 5.68. The van der Waals surface area contributed by atoms with Crippen LogP contribution in [0.15, 0.2) is 34.7 Å². The summed E-state index contributed by atoms with van der Waals surface area (Å²) in [5.41, 5.74) is 6.43. The average Bonchev–Trinajstić information content (AvgIpc) is 2.81. The van der Waals surface area contributed by atoms with E-state index in [1.807, 2.05) is 42.6 Å². The Hall–Kier alpha value is -2.42. The van der Waals surface area contributed by atoms with Gasteiger partial charge in [0.05, 0.1) is 6.10 Å². The normalized spacial score (nSPS) is 11.2.